The van der Waals surface area contributed by atoms with E-state index in [-0.39, 0.29) is 6.03 Å². The number of fused-ring (bicyclic) bond motifs is 1. The molecule has 0 bridgehead atoms. The topological polar surface area (TPSA) is 54.0 Å². The Balaban J connectivity index is 1.32. The Hall–Kier alpha value is -1.79. The Bertz CT molecular complexity index is 616. The van der Waals surface area contributed by atoms with Crippen LogP contribution < -0.4 is 10.1 Å². The van der Waals surface area contributed by atoms with Crippen LogP contribution in [-0.2, 0) is 11.2 Å². The van der Waals surface area contributed by atoms with Crippen LogP contribution in [0.4, 0.5) is 10.5 Å². The molecular formula is C19H27N3O3. The minimum absolute atomic E-state index is 0.0190. The molecule has 1 N–H and O–H groups in total. The molecule has 3 heterocycles. The number of nitrogens with one attached hydrogen (secondary N) is 1. The molecule has 0 aromatic heterocycles. The van der Waals surface area contributed by atoms with E-state index in [1.165, 1.54) is 12.0 Å². The number of urea groups is 1. The Morgan fingerprint density at radius 1 is 1.20 bits per heavy atom. The highest BCUT2D eigenvalue weighted by Gasteiger charge is 2.26. The number of morpholine rings is 1. The number of carbonyl (C=O) groups excluding carboxylic acids is 1. The van der Waals surface area contributed by atoms with Crippen molar-refractivity contribution >= 4 is 11.7 Å². The summed E-state index contributed by atoms with van der Waals surface area (Å²) < 4.78 is 10.9. The third-order valence-electron chi connectivity index (χ3n) is 5.37. The minimum Gasteiger partial charge on any atom is -0.493 e. The summed E-state index contributed by atoms with van der Waals surface area (Å²) in [5.74, 6) is 1.51. The van der Waals surface area contributed by atoms with Gasteiger partial charge in [-0.3, -0.25) is 4.90 Å². The van der Waals surface area contributed by atoms with Gasteiger partial charge in [0.05, 0.1) is 19.8 Å². The first-order valence-corrected chi connectivity index (χ1v) is 9.40. The van der Waals surface area contributed by atoms with E-state index >= 15 is 0 Å². The summed E-state index contributed by atoms with van der Waals surface area (Å²) in [6.45, 7) is 7.19. The molecule has 25 heavy (non-hydrogen) atoms. The number of likely N-dealkylation sites (tertiary alicyclic amines) is 1. The van der Waals surface area contributed by atoms with Gasteiger partial charge >= 0.3 is 6.03 Å². The number of rotatable bonds is 3. The normalized spacial score (nSPS) is 23.8. The van der Waals surface area contributed by atoms with Crippen molar-refractivity contribution in [1.82, 2.24) is 9.80 Å². The number of amides is 2. The summed E-state index contributed by atoms with van der Waals surface area (Å²) >= 11 is 0. The molecule has 1 unspecified atom stereocenters. The van der Waals surface area contributed by atoms with Crippen molar-refractivity contribution in [3.63, 3.8) is 0 Å². The first-order chi connectivity index (χ1) is 12.3. The maximum Gasteiger partial charge on any atom is 0.321 e. The molecule has 4 rings (SSSR count). The Labute approximate surface area is 149 Å². The van der Waals surface area contributed by atoms with Crippen molar-refractivity contribution in [1.29, 1.82) is 0 Å². The second-order valence-corrected chi connectivity index (χ2v) is 7.22. The van der Waals surface area contributed by atoms with Gasteiger partial charge in [0.15, 0.2) is 0 Å². The fourth-order valence-electron chi connectivity index (χ4n) is 4.01. The quantitative estimate of drug-likeness (QED) is 0.912. The number of nitrogens with zero attached hydrogens (tertiary/aromatic N) is 2. The van der Waals surface area contributed by atoms with Crippen molar-refractivity contribution in [2.24, 2.45) is 5.92 Å². The van der Waals surface area contributed by atoms with E-state index in [4.69, 9.17) is 9.47 Å². The highest BCUT2D eigenvalue weighted by Crippen LogP contribution is 2.28. The molecule has 6 nitrogen and oxygen atoms in total. The average molecular weight is 345 g/mol. The zero-order valence-electron chi connectivity index (χ0n) is 14.7. The molecule has 1 aromatic carbocycles. The Morgan fingerprint density at radius 3 is 2.96 bits per heavy atom. The van der Waals surface area contributed by atoms with E-state index in [0.29, 0.717) is 5.92 Å². The second kappa shape index (κ2) is 7.62. The van der Waals surface area contributed by atoms with Gasteiger partial charge in [0.25, 0.3) is 0 Å². The molecule has 2 amide bonds. The Morgan fingerprint density at radius 2 is 2.08 bits per heavy atom. The predicted octanol–water partition coefficient (Wildman–Crippen LogP) is 2.20. The fourth-order valence-corrected chi connectivity index (χ4v) is 4.01. The van der Waals surface area contributed by atoms with E-state index in [1.807, 2.05) is 23.1 Å². The number of piperidine rings is 1. The molecule has 3 aliphatic rings. The first-order valence-electron chi connectivity index (χ1n) is 9.40. The Kier molecular flexibility index (Phi) is 5.08. The molecule has 0 aliphatic carbocycles. The molecule has 2 saturated heterocycles. The third-order valence-corrected chi connectivity index (χ3v) is 5.37. The lowest BCUT2D eigenvalue weighted by molar-refractivity contribution is 0.0252. The lowest BCUT2D eigenvalue weighted by Gasteiger charge is -2.36. The number of carbonyl (C=O) groups is 1. The molecule has 0 spiro atoms. The van der Waals surface area contributed by atoms with Crippen LogP contribution in [0.15, 0.2) is 18.2 Å². The number of anilines is 1. The number of ether oxygens (including phenoxy) is 2. The summed E-state index contributed by atoms with van der Waals surface area (Å²) in [7, 11) is 0. The van der Waals surface area contributed by atoms with Gasteiger partial charge in [-0.05, 0) is 42.5 Å². The van der Waals surface area contributed by atoms with Crippen LogP contribution >= 0.6 is 0 Å². The molecule has 0 saturated carbocycles. The molecule has 1 aromatic rings. The van der Waals surface area contributed by atoms with Crippen LogP contribution in [0.5, 0.6) is 5.75 Å². The van der Waals surface area contributed by atoms with E-state index in [1.54, 1.807) is 0 Å². The highest BCUT2D eigenvalue weighted by atomic mass is 16.5. The first kappa shape index (κ1) is 16.7. The van der Waals surface area contributed by atoms with E-state index in [2.05, 4.69) is 10.2 Å². The zero-order valence-corrected chi connectivity index (χ0v) is 14.7. The number of hydrogen-bond donors (Lipinski definition) is 1. The molecule has 3 aliphatic heterocycles. The summed E-state index contributed by atoms with van der Waals surface area (Å²) in [4.78, 5) is 17.1. The van der Waals surface area contributed by atoms with Crippen molar-refractivity contribution in [3.8, 4) is 5.75 Å². The predicted molar refractivity (Wildman–Crippen MR) is 96.2 cm³/mol. The molecule has 1 atom stereocenters. The molecule has 6 heteroatoms. The smallest absolute Gasteiger partial charge is 0.321 e. The minimum atomic E-state index is 0.0190. The van der Waals surface area contributed by atoms with E-state index < -0.39 is 0 Å². The van der Waals surface area contributed by atoms with Crippen LogP contribution in [0.25, 0.3) is 0 Å². The lowest BCUT2D eigenvalue weighted by Crippen LogP contribution is -2.47. The zero-order chi connectivity index (χ0) is 17.1. The monoisotopic (exact) mass is 345 g/mol. The van der Waals surface area contributed by atoms with E-state index in [9.17, 15) is 4.79 Å². The van der Waals surface area contributed by atoms with Gasteiger partial charge in [-0.2, -0.15) is 0 Å². The van der Waals surface area contributed by atoms with Crippen LogP contribution in [0.3, 0.4) is 0 Å². The molecule has 2 fully saturated rings. The molecular weight excluding hydrogens is 318 g/mol. The van der Waals surface area contributed by atoms with Crippen LogP contribution in [0.1, 0.15) is 18.4 Å². The van der Waals surface area contributed by atoms with Gasteiger partial charge < -0.3 is 19.7 Å². The molecule has 0 radical (unpaired) electrons. The second-order valence-electron chi connectivity index (χ2n) is 7.22. The van der Waals surface area contributed by atoms with Gasteiger partial charge in [0, 0.05) is 44.8 Å². The summed E-state index contributed by atoms with van der Waals surface area (Å²) in [6, 6.07) is 5.94. The van der Waals surface area contributed by atoms with Crippen LogP contribution in [0.2, 0.25) is 0 Å². The van der Waals surface area contributed by atoms with Gasteiger partial charge in [0.2, 0.25) is 0 Å². The third kappa shape index (κ3) is 4.07. The summed E-state index contributed by atoms with van der Waals surface area (Å²) in [6.07, 6.45) is 3.21. The number of benzene rings is 1. The standard InChI is InChI=1S/C19H27N3O3/c23-19(20-17-3-4-18-16(12-17)5-9-25-18)22-6-1-2-15(14-22)13-21-7-10-24-11-8-21/h3-4,12,15H,1-2,5-11,13-14H2,(H,20,23). The van der Waals surface area contributed by atoms with Crippen molar-refractivity contribution in [3.05, 3.63) is 23.8 Å². The maximum atomic E-state index is 12.7. The lowest BCUT2D eigenvalue weighted by atomic mass is 9.97. The van der Waals surface area contributed by atoms with Crippen molar-refractivity contribution in [2.75, 3.05) is 57.9 Å². The van der Waals surface area contributed by atoms with Crippen LogP contribution in [0, 0.1) is 5.92 Å². The molecule has 136 valence electrons. The van der Waals surface area contributed by atoms with Gasteiger partial charge in [-0.15, -0.1) is 0 Å². The SMILES string of the molecule is O=C(Nc1ccc2c(c1)CCO2)N1CCCC(CN2CCOCC2)C1. The van der Waals surface area contributed by atoms with Gasteiger partial charge in [-0.25, -0.2) is 4.79 Å². The summed E-state index contributed by atoms with van der Waals surface area (Å²) in [5.41, 5.74) is 2.05. The van der Waals surface area contributed by atoms with E-state index in [0.717, 1.165) is 76.8 Å². The largest absolute Gasteiger partial charge is 0.493 e. The van der Waals surface area contributed by atoms with Crippen LogP contribution in [-0.4, -0.2) is 68.4 Å². The average Bonchev–Trinajstić information content (AvgIpc) is 3.10. The van der Waals surface area contributed by atoms with Crippen molar-refractivity contribution < 1.29 is 14.3 Å². The maximum absolute atomic E-state index is 12.7. The summed E-state index contributed by atoms with van der Waals surface area (Å²) in [5, 5.41) is 3.06. The fraction of sp³-hybridized carbons (Fsp3) is 0.632. The highest BCUT2D eigenvalue weighted by molar-refractivity contribution is 5.89. The van der Waals surface area contributed by atoms with Gasteiger partial charge in [0.1, 0.15) is 5.75 Å². The van der Waals surface area contributed by atoms with Gasteiger partial charge in [-0.1, -0.05) is 0 Å². The van der Waals surface area contributed by atoms with Crippen molar-refractivity contribution in [2.45, 2.75) is 19.3 Å². The number of hydrogen-bond acceptors (Lipinski definition) is 4.